The van der Waals surface area contributed by atoms with Gasteiger partial charge >= 0.3 is 0 Å². The zero-order valence-electron chi connectivity index (χ0n) is 11.7. The summed E-state index contributed by atoms with van der Waals surface area (Å²) >= 11 is 0. The molecule has 6 heteroatoms. The summed E-state index contributed by atoms with van der Waals surface area (Å²) in [5.74, 6) is 0.135. The van der Waals surface area contributed by atoms with Gasteiger partial charge in [0, 0.05) is 44.7 Å². The van der Waals surface area contributed by atoms with Crippen molar-refractivity contribution >= 4 is 15.8 Å². The summed E-state index contributed by atoms with van der Waals surface area (Å²) < 4.78 is 24.3. The highest BCUT2D eigenvalue weighted by Crippen LogP contribution is 2.08. The van der Waals surface area contributed by atoms with E-state index in [0.29, 0.717) is 39.1 Å². The molecule has 0 aliphatic carbocycles. The van der Waals surface area contributed by atoms with Crippen molar-refractivity contribution in [2.75, 3.05) is 39.0 Å². The number of piperazine rings is 1. The third-order valence-electron chi connectivity index (χ3n) is 3.55. The van der Waals surface area contributed by atoms with Crippen LogP contribution in [0.15, 0.2) is 30.3 Å². The average molecular weight is 296 g/mol. The number of carbonyl (C=O) groups excluding carboxylic acids is 1. The van der Waals surface area contributed by atoms with Gasteiger partial charge in [-0.2, -0.15) is 4.31 Å². The van der Waals surface area contributed by atoms with Gasteiger partial charge < -0.3 is 4.90 Å². The fourth-order valence-corrected chi connectivity index (χ4v) is 3.14. The quantitative estimate of drug-likeness (QED) is 0.756. The van der Waals surface area contributed by atoms with Crippen LogP contribution in [0.3, 0.4) is 0 Å². The standard InChI is InChI=1S/C14H20N2O3S/c1-20(18,19)16-11-9-15(10-12-16)8-7-14(17)13-5-3-2-4-6-13/h2-6H,7-12H2,1H3. The first-order chi connectivity index (χ1) is 9.47. The molecule has 2 rings (SSSR count). The largest absolute Gasteiger partial charge is 0.300 e. The Kier molecular flexibility index (Phi) is 4.91. The average Bonchev–Trinajstić information content (AvgIpc) is 2.45. The minimum Gasteiger partial charge on any atom is -0.300 e. The Morgan fingerprint density at radius 2 is 1.70 bits per heavy atom. The van der Waals surface area contributed by atoms with Crippen molar-refractivity contribution < 1.29 is 13.2 Å². The number of hydrogen-bond donors (Lipinski definition) is 0. The number of rotatable bonds is 5. The number of benzene rings is 1. The minimum absolute atomic E-state index is 0.135. The Morgan fingerprint density at radius 1 is 1.10 bits per heavy atom. The zero-order valence-corrected chi connectivity index (χ0v) is 12.5. The summed E-state index contributed by atoms with van der Waals surface area (Å²) in [7, 11) is -3.08. The molecular formula is C14H20N2O3S. The van der Waals surface area contributed by atoms with Gasteiger partial charge in [0.2, 0.25) is 10.0 Å². The summed E-state index contributed by atoms with van der Waals surface area (Å²) in [4.78, 5) is 14.1. The molecule has 110 valence electrons. The Labute approximate surface area is 120 Å². The summed E-state index contributed by atoms with van der Waals surface area (Å²) in [6.45, 7) is 3.09. The SMILES string of the molecule is CS(=O)(=O)N1CCN(CCC(=O)c2ccccc2)CC1. The van der Waals surface area contributed by atoms with Crippen LogP contribution in [0, 0.1) is 0 Å². The third-order valence-corrected chi connectivity index (χ3v) is 4.85. The van der Waals surface area contributed by atoms with Crippen LogP contribution in [-0.4, -0.2) is 62.4 Å². The molecule has 0 atom stereocenters. The van der Waals surface area contributed by atoms with E-state index in [-0.39, 0.29) is 5.78 Å². The number of Topliss-reactive ketones (excluding diaryl/α,β-unsaturated/α-hetero) is 1. The molecule has 1 aromatic carbocycles. The fourth-order valence-electron chi connectivity index (χ4n) is 2.31. The number of hydrogen-bond acceptors (Lipinski definition) is 4. The van der Waals surface area contributed by atoms with Gasteiger partial charge in [-0.3, -0.25) is 4.79 Å². The van der Waals surface area contributed by atoms with Crippen molar-refractivity contribution in [2.45, 2.75) is 6.42 Å². The molecule has 5 nitrogen and oxygen atoms in total. The van der Waals surface area contributed by atoms with Crippen LogP contribution in [0.4, 0.5) is 0 Å². The van der Waals surface area contributed by atoms with E-state index in [9.17, 15) is 13.2 Å². The van der Waals surface area contributed by atoms with Gasteiger partial charge in [0.1, 0.15) is 0 Å². The van der Waals surface area contributed by atoms with E-state index in [4.69, 9.17) is 0 Å². The van der Waals surface area contributed by atoms with Crippen LogP contribution < -0.4 is 0 Å². The number of sulfonamides is 1. The molecule has 0 amide bonds. The highest BCUT2D eigenvalue weighted by molar-refractivity contribution is 7.88. The van der Waals surface area contributed by atoms with E-state index >= 15 is 0 Å². The Bertz CT molecular complexity index is 549. The second kappa shape index (κ2) is 6.47. The van der Waals surface area contributed by atoms with Crippen molar-refractivity contribution in [3.05, 3.63) is 35.9 Å². The lowest BCUT2D eigenvalue weighted by molar-refractivity contribution is 0.0952. The van der Waals surface area contributed by atoms with Crippen molar-refractivity contribution in [3.8, 4) is 0 Å². The molecule has 0 bridgehead atoms. The van der Waals surface area contributed by atoms with Crippen molar-refractivity contribution in [2.24, 2.45) is 0 Å². The molecule has 0 unspecified atom stereocenters. The monoisotopic (exact) mass is 296 g/mol. The number of nitrogens with zero attached hydrogens (tertiary/aromatic N) is 2. The maximum Gasteiger partial charge on any atom is 0.211 e. The third kappa shape index (κ3) is 4.13. The molecule has 0 radical (unpaired) electrons. The highest BCUT2D eigenvalue weighted by atomic mass is 32.2. The van der Waals surface area contributed by atoms with Crippen molar-refractivity contribution in [1.82, 2.24) is 9.21 Å². The van der Waals surface area contributed by atoms with Gasteiger partial charge in [-0.25, -0.2) is 8.42 Å². The highest BCUT2D eigenvalue weighted by Gasteiger charge is 2.23. The lowest BCUT2D eigenvalue weighted by atomic mass is 10.1. The molecule has 0 N–H and O–H groups in total. The Morgan fingerprint density at radius 3 is 2.25 bits per heavy atom. The first-order valence-electron chi connectivity index (χ1n) is 6.72. The molecular weight excluding hydrogens is 276 g/mol. The van der Waals surface area contributed by atoms with Gasteiger partial charge in [0.25, 0.3) is 0 Å². The van der Waals surface area contributed by atoms with E-state index in [1.165, 1.54) is 10.6 Å². The zero-order chi connectivity index (χ0) is 14.6. The molecule has 20 heavy (non-hydrogen) atoms. The van der Waals surface area contributed by atoms with E-state index in [0.717, 1.165) is 5.56 Å². The normalized spacial score (nSPS) is 18.1. The minimum atomic E-state index is -3.08. The molecule has 1 aromatic rings. The van der Waals surface area contributed by atoms with Crippen LogP contribution in [0.2, 0.25) is 0 Å². The molecule has 0 saturated carbocycles. The van der Waals surface area contributed by atoms with E-state index in [2.05, 4.69) is 4.90 Å². The van der Waals surface area contributed by atoms with Crippen LogP contribution >= 0.6 is 0 Å². The fraction of sp³-hybridized carbons (Fsp3) is 0.500. The van der Waals surface area contributed by atoms with Crippen LogP contribution in [-0.2, 0) is 10.0 Å². The molecule has 1 aliphatic heterocycles. The first-order valence-corrected chi connectivity index (χ1v) is 8.57. The second-order valence-electron chi connectivity index (χ2n) is 5.04. The molecule has 0 spiro atoms. The predicted molar refractivity (Wildman–Crippen MR) is 78.2 cm³/mol. The number of carbonyl (C=O) groups is 1. The first kappa shape index (κ1) is 15.2. The van der Waals surface area contributed by atoms with Gasteiger partial charge in [0.15, 0.2) is 5.78 Å². The van der Waals surface area contributed by atoms with Gasteiger partial charge in [0.05, 0.1) is 6.26 Å². The Balaban J connectivity index is 1.78. The molecule has 1 saturated heterocycles. The number of ketones is 1. The Hall–Kier alpha value is -1.24. The van der Waals surface area contributed by atoms with Crippen LogP contribution in [0.5, 0.6) is 0 Å². The van der Waals surface area contributed by atoms with Crippen LogP contribution in [0.25, 0.3) is 0 Å². The molecule has 1 heterocycles. The van der Waals surface area contributed by atoms with E-state index < -0.39 is 10.0 Å². The van der Waals surface area contributed by atoms with Gasteiger partial charge in [-0.15, -0.1) is 0 Å². The van der Waals surface area contributed by atoms with E-state index in [1.807, 2.05) is 30.3 Å². The topological polar surface area (TPSA) is 57.7 Å². The summed E-state index contributed by atoms with van der Waals surface area (Å²) in [6.07, 6.45) is 1.71. The molecule has 0 aromatic heterocycles. The van der Waals surface area contributed by atoms with Crippen LogP contribution in [0.1, 0.15) is 16.8 Å². The molecule has 1 fully saturated rings. The van der Waals surface area contributed by atoms with Gasteiger partial charge in [-0.1, -0.05) is 30.3 Å². The van der Waals surface area contributed by atoms with Crippen molar-refractivity contribution in [1.29, 1.82) is 0 Å². The maximum absolute atomic E-state index is 12.0. The maximum atomic E-state index is 12.0. The predicted octanol–water partition coefficient (Wildman–Crippen LogP) is 0.837. The second-order valence-corrected chi connectivity index (χ2v) is 7.03. The smallest absolute Gasteiger partial charge is 0.211 e. The molecule has 1 aliphatic rings. The lowest BCUT2D eigenvalue weighted by Gasteiger charge is -2.33. The van der Waals surface area contributed by atoms with Crippen molar-refractivity contribution in [3.63, 3.8) is 0 Å². The van der Waals surface area contributed by atoms with E-state index in [1.54, 1.807) is 0 Å². The lowest BCUT2D eigenvalue weighted by Crippen LogP contribution is -2.48. The van der Waals surface area contributed by atoms with Gasteiger partial charge in [-0.05, 0) is 0 Å². The summed E-state index contributed by atoms with van der Waals surface area (Å²) in [6, 6.07) is 9.26. The summed E-state index contributed by atoms with van der Waals surface area (Å²) in [5.41, 5.74) is 0.738. The summed E-state index contributed by atoms with van der Waals surface area (Å²) in [5, 5.41) is 0.